The SMILES string of the molecule is CCCCCCCC1(C)C(/C=C/C(C#N)=C/C=C2\N(CCCC(C)C)c3ccccc3N2CCC(=O)O)=[N+](CCC(=O)O)C2C=CC(C#N)=CC21. The van der Waals surface area contributed by atoms with Crippen LogP contribution in [0.25, 0.3) is 0 Å². The van der Waals surface area contributed by atoms with E-state index in [9.17, 15) is 30.3 Å². The molecule has 0 radical (unpaired) electrons. The second kappa shape index (κ2) is 18.4. The van der Waals surface area contributed by atoms with Crippen molar-refractivity contribution in [3.63, 3.8) is 0 Å². The van der Waals surface area contributed by atoms with Crippen molar-refractivity contribution >= 4 is 29.0 Å². The number of allylic oxidation sites excluding steroid dienone is 7. The Morgan fingerprint density at radius 3 is 2.31 bits per heavy atom. The van der Waals surface area contributed by atoms with E-state index in [-0.39, 0.29) is 30.2 Å². The number of benzene rings is 1. The molecule has 1 aliphatic carbocycles. The van der Waals surface area contributed by atoms with E-state index in [1.165, 1.54) is 6.42 Å². The summed E-state index contributed by atoms with van der Waals surface area (Å²) in [6, 6.07) is 12.6. The lowest BCUT2D eigenvalue weighted by atomic mass is 9.68. The highest BCUT2D eigenvalue weighted by atomic mass is 16.4. The van der Waals surface area contributed by atoms with Gasteiger partial charge in [0.25, 0.3) is 0 Å². The van der Waals surface area contributed by atoms with E-state index in [4.69, 9.17) is 0 Å². The zero-order valence-electron chi connectivity index (χ0n) is 30.7. The molecule has 1 aromatic rings. The molecular weight excluding hydrogens is 638 g/mol. The first-order chi connectivity index (χ1) is 24.5. The van der Waals surface area contributed by atoms with Crippen LogP contribution in [0.1, 0.15) is 91.9 Å². The number of hydrogen-bond acceptors (Lipinski definition) is 6. The van der Waals surface area contributed by atoms with Crippen LogP contribution >= 0.6 is 0 Å². The fourth-order valence-electron chi connectivity index (χ4n) is 7.72. The number of para-hydroxylation sites is 2. The summed E-state index contributed by atoms with van der Waals surface area (Å²) in [5, 5.41) is 39.3. The summed E-state index contributed by atoms with van der Waals surface area (Å²) in [5.74, 6) is -0.361. The van der Waals surface area contributed by atoms with Gasteiger partial charge in [-0.15, -0.1) is 0 Å². The Morgan fingerprint density at radius 2 is 1.69 bits per heavy atom. The van der Waals surface area contributed by atoms with Crippen LogP contribution in [0.3, 0.4) is 0 Å². The molecule has 0 bridgehead atoms. The number of nitriles is 2. The van der Waals surface area contributed by atoms with Gasteiger partial charge in [-0.25, -0.2) is 4.58 Å². The molecule has 0 aromatic heterocycles. The smallest absolute Gasteiger partial charge is 0.309 e. The number of aliphatic carboxylic acids is 2. The maximum Gasteiger partial charge on any atom is 0.309 e. The van der Waals surface area contributed by atoms with Gasteiger partial charge in [0.15, 0.2) is 18.3 Å². The van der Waals surface area contributed by atoms with Gasteiger partial charge in [-0.2, -0.15) is 10.5 Å². The highest BCUT2D eigenvalue weighted by molar-refractivity contribution is 5.98. The first-order valence-electron chi connectivity index (χ1n) is 18.6. The largest absolute Gasteiger partial charge is 0.481 e. The standard InChI is InChI=1S/C42H53N5O4/c1-5-6-7-8-11-24-42(4)34-28-33(30-44)16-19-35(34)45(26-22-40(48)49)38(42)20-17-32(29-43)18-21-39-46(25-12-13-31(2)3)36-14-9-10-15-37(36)47(39)27-23-41(50)51/h9-10,14-21,28,31,34-35H,5-8,11-13,22-27H2,1-4H3,(H-,48,49,50,51)/p+1. The maximum atomic E-state index is 11.8. The molecule has 9 heteroatoms. The molecule has 270 valence electrons. The molecule has 0 fully saturated rings. The van der Waals surface area contributed by atoms with E-state index < -0.39 is 11.9 Å². The molecule has 9 nitrogen and oxygen atoms in total. The minimum absolute atomic E-state index is 0.00686. The van der Waals surface area contributed by atoms with Crippen LogP contribution in [0.2, 0.25) is 0 Å². The van der Waals surface area contributed by atoms with Gasteiger partial charge in [0.1, 0.15) is 12.2 Å². The number of carboxylic acid groups (broad SMARTS) is 2. The van der Waals surface area contributed by atoms with Crippen molar-refractivity contribution in [1.29, 1.82) is 10.5 Å². The molecule has 2 N–H and O–H groups in total. The molecule has 3 unspecified atom stereocenters. The van der Waals surface area contributed by atoms with Crippen molar-refractivity contribution in [2.75, 3.05) is 29.4 Å². The Bertz CT molecular complexity index is 1700. The number of hydrogen-bond donors (Lipinski definition) is 2. The molecule has 2 heterocycles. The zero-order chi connectivity index (χ0) is 37.0. The molecule has 51 heavy (non-hydrogen) atoms. The monoisotopic (exact) mass is 692 g/mol. The van der Waals surface area contributed by atoms with Crippen molar-refractivity contribution in [2.45, 2.75) is 97.9 Å². The van der Waals surface area contributed by atoms with Crippen LogP contribution in [0.4, 0.5) is 11.4 Å². The molecule has 4 rings (SSSR count). The predicted molar refractivity (Wildman–Crippen MR) is 202 cm³/mol. The van der Waals surface area contributed by atoms with Gasteiger partial charge in [-0.1, -0.05) is 71.1 Å². The van der Waals surface area contributed by atoms with Gasteiger partial charge >= 0.3 is 11.9 Å². The number of anilines is 2. The van der Waals surface area contributed by atoms with Crippen LogP contribution in [-0.2, 0) is 9.59 Å². The Morgan fingerprint density at radius 1 is 1.00 bits per heavy atom. The number of rotatable bonds is 19. The van der Waals surface area contributed by atoms with Gasteiger partial charge in [0, 0.05) is 24.7 Å². The minimum atomic E-state index is -0.872. The Labute approximate surface area is 303 Å². The van der Waals surface area contributed by atoms with Gasteiger partial charge < -0.3 is 20.0 Å². The number of unbranched alkanes of at least 4 members (excludes halogenated alkanes) is 4. The fourth-order valence-corrected chi connectivity index (χ4v) is 7.72. The van der Waals surface area contributed by atoms with Crippen LogP contribution in [0.5, 0.6) is 0 Å². The third kappa shape index (κ3) is 9.67. The van der Waals surface area contributed by atoms with E-state index in [2.05, 4.69) is 55.4 Å². The maximum absolute atomic E-state index is 11.8. The van der Waals surface area contributed by atoms with Crippen LogP contribution < -0.4 is 9.80 Å². The summed E-state index contributed by atoms with van der Waals surface area (Å²) in [6.07, 6.45) is 21.9. The van der Waals surface area contributed by atoms with E-state index in [1.807, 2.05) is 59.6 Å². The van der Waals surface area contributed by atoms with Crippen molar-refractivity contribution in [3.05, 3.63) is 83.8 Å². The number of fused-ring (bicyclic) bond motifs is 2. The Hall–Kier alpha value is -4.89. The Balaban J connectivity index is 1.75. The average molecular weight is 693 g/mol. The molecule has 3 atom stereocenters. The van der Waals surface area contributed by atoms with Crippen molar-refractivity contribution in [1.82, 2.24) is 0 Å². The lowest BCUT2D eigenvalue weighted by molar-refractivity contribution is -0.549. The van der Waals surface area contributed by atoms with E-state index in [1.54, 1.807) is 6.08 Å². The van der Waals surface area contributed by atoms with Crippen molar-refractivity contribution < 1.29 is 24.4 Å². The second-order valence-electron chi connectivity index (χ2n) is 14.5. The summed E-state index contributed by atoms with van der Waals surface area (Å²) >= 11 is 0. The average Bonchev–Trinajstić information content (AvgIpc) is 3.53. The Kier molecular flexibility index (Phi) is 14.0. The molecule has 1 aromatic carbocycles. The molecular formula is C42H54N5O4+. The van der Waals surface area contributed by atoms with Crippen LogP contribution in [0, 0.1) is 39.9 Å². The lowest BCUT2D eigenvalue weighted by Crippen LogP contribution is -2.34. The van der Waals surface area contributed by atoms with Gasteiger partial charge in [-0.05, 0) is 74.6 Å². The van der Waals surface area contributed by atoms with Crippen molar-refractivity contribution in [2.24, 2.45) is 17.3 Å². The van der Waals surface area contributed by atoms with Gasteiger partial charge in [-0.3, -0.25) is 9.59 Å². The topological polar surface area (TPSA) is 132 Å². The fraction of sp³-hybridized carbons (Fsp3) is 0.500. The second-order valence-corrected chi connectivity index (χ2v) is 14.5. The summed E-state index contributed by atoms with van der Waals surface area (Å²) < 4.78 is 2.16. The lowest BCUT2D eigenvalue weighted by Gasteiger charge is -2.29. The molecule has 3 aliphatic rings. The highest BCUT2D eigenvalue weighted by Crippen LogP contribution is 2.47. The predicted octanol–water partition coefficient (Wildman–Crippen LogP) is 8.38. The summed E-state index contributed by atoms with van der Waals surface area (Å²) in [6.45, 7) is 10.2. The number of carbonyl (C=O) groups is 2. The summed E-state index contributed by atoms with van der Waals surface area (Å²) in [7, 11) is 0. The molecule has 0 saturated heterocycles. The molecule has 0 spiro atoms. The third-order valence-corrected chi connectivity index (χ3v) is 10.4. The first kappa shape index (κ1) is 38.9. The van der Waals surface area contributed by atoms with Gasteiger partial charge in [0.05, 0.1) is 46.8 Å². The molecule has 0 amide bonds. The highest BCUT2D eigenvalue weighted by Gasteiger charge is 2.55. The van der Waals surface area contributed by atoms with Gasteiger partial charge in [0.2, 0.25) is 0 Å². The van der Waals surface area contributed by atoms with E-state index in [0.717, 1.165) is 74.4 Å². The van der Waals surface area contributed by atoms with E-state index in [0.29, 0.717) is 30.2 Å². The number of carboxylic acids is 2. The quantitative estimate of drug-likeness (QED) is 0.0640. The molecule has 2 aliphatic heterocycles. The zero-order valence-corrected chi connectivity index (χ0v) is 30.7. The minimum Gasteiger partial charge on any atom is -0.481 e. The van der Waals surface area contributed by atoms with Crippen LogP contribution in [-0.4, -0.2) is 58.1 Å². The van der Waals surface area contributed by atoms with Crippen LogP contribution in [0.15, 0.2) is 83.8 Å². The normalized spacial score (nSPS) is 22.1. The summed E-state index contributed by atoms with van der Waals surface area (Å²) in [5.41, 5.74) is 3.62. The van der Waals surface area contributed by atoms with Crippen molar-refractivity contribution in [3.8, 4) is 12.1 Å². The first-order valence-corrected chi connectivity index (χ1v) is 18.6. The summed E-state index contributed by atoms with van der Waals surface area (Å²) in [4.78, 5) is 27.7. The van der Waals surface area contributed by atoms with E-state index >= 15 is 0 Å². The third-order valence-electron chi connectivity index (χ3n) is 10.4. The number of nitrogens with zero attached hydrogens (tertiary/aromatic N) is 5. The molecule has 0 saturated carbocycles.